The number of hydrogen-bond donors (Lipinski definition) is 1. The van der Waals surface area contributed by atoms with Crippen LogP contribution >= 0.6 is 0 Å². The molecule has 1 aliphatic heterocycles. The van der Waals surface area contributed by atoms with E-state index in [1.165, 1.54) is 10.5 Å². The number of carbonyl (C=O) groups is 3. The van der Waals surface area contributed by atoms with Gasteiger partial charge >= 0.3 is 5.97 Å². The van der Waals surface area contributed by atoms with E-state index in [9.17, 15) is 19.5 Å². The number of carboxylic acid groups (broad SMARTS) is 1. The van der Waals surface area contributed by atoms with Crippen LogP contribution in [0.5, 0.6) is 0 Å². The van der Waals surface area contributed by atoms with E-state index in [4.69, 9.17) is 0 Å². The number of amides is 2. The third-order valence-corrected chi connectivity index (χ3v) is 11.2. The first-order chi connectivity index (χ1) is 16.6. The molecule has 4 fully saturated rings. The first-order valence-electron chi connectivity index (χ1n) is 13.4. The van der Waals surface area contributed by atoms with Gasteiger partial charge in [-0.2, -0.15) is 0 Å². The Labute approximate surface area is 208 Å². The summed E-state index contributed by atoms with van der Waals surface area (Å²) in [5.41, 5.74) is 0.789. The van der Waals surface area contributed by atoms with Gasteiger partial charge in [-0.05, 0) is 80.2 Å². The summed E-state index contributed by atoms with van der Waals surface area (Å²) in [4.78, 5) is 42.0. The molecule has 1 aromatic rings. The molecule has 2 bridgehead atoms. The van der Waals surface area contributed by atoms with Crippen LogP contribution in [-0.4, -0.2) is 22.9 Å². The lowest BCUT2D eigenvalue weighted by Crippen LogP contribution is -2.65. The minimum absolute atomic E-state index is 0.0356. The monoisotopic (exact) mass is 475 g/mol. The number of para-hydroxylation sites is 1. The number of imide groups is 1. The maximum Gasteiger partial charge on any atom is 0.309 e. The molecule has 5 aliphatic carbocycles. The van der Waals surface area contributed by atoms with Gasteiger partial charge in [0, 0.05) is 5.41 Å². The molecule has 1 spiro atoms. The van der Waals surface area contributed by atoms with Crippen LogP contribution in [0.3, 0.4) is 0 Å². The normalized spacial score (nSPS) is 44.1. The predicted octanol–water partition coefficient (Wildman–Crippen LogP) is 5.70. The molecule has 8 atom stereocenters. The van der Waals surface area contributed by atoms with Crippen molar-refractivity contribution in [2.75, 3.05) is 4.90 Å². The first kappa shape index (κ1) is 23.0. The van der Waals surface area contributed by atoms with E-state index in [2.05, 4.69) is 26.8 Å². The van der Waals surface area contributed by atoms with Gasteiger partial charge in [-0.25, -0.2) is 0 Å². The number of anilines is 1. The third kappa shape index (κ3) is 2.73. The number of allylic oxidation sites excluding steroid dienone is 2. The second-order valence-corrected chi connectivity index (χ2v) is 12.8. The Morgan fingerprint density at radius 2 is 1.74 bits per heavy atom. The van der Waals surface area contributed by atoms with Crippen LogP contribution in [0.2, 0.25) is 0 Å². The first-order valence-corrected chi connectivity index (χ1v) is 13.4. The summed E-state index contributed by atoms with van der Waals surface area (Å²) in [6, 6.07) is 9.39. The minimum atomic E-state index is -0.721. The quantitative estimate of drug-likeness (QED) is 0.449. The SMILES string of the molecule is CC(C)C1=C[C@@]23CC[C@@H]4[C@](C)(CCC[C@@]4(C)C(=O)O)[C@@H]2C[C@H]1[C@H]1C(=O)N(c2ccccc2)C(=O)[C@H]13. The van der Waals surface area contributed by atoms with Crippen molar-refractivity contribution >= 4 is 23.5 Å². The van der Waals surface area contributed by atoms with Crippen molar-refractivity contribution in [3.63, 3.8) is 0 Å². The molecule has 186 valence electrons. The molecule has 6 aliphatic rings. The van der Waals surface area contributed by atoms with E-state index in [-0.39, 0.29) is 52.2 Å². The van der Waals surface area contributed by atoms with Gasteiger partial charge in [-0.3, -0.25) is 19.3 Å². The van der Waals surface area contributed by atoms with Gasteiger partial charge in [-0.15, -0.1) is 0 Å². The van der Waals surface area contributed by atoms with Crippen molar-refractivity contribution in [3.8, 4) is 0 Å². The molecular formula is C30H37NO4. The lowest BCUT2D eigenvalue weighted by atomic mass is 9.34. The van der Waals surface area contributed by atoms with Gasteiger partial charge in [0.1, 0.15) is 0 Å². The fourth-order valence-electron chi connectivity index (χ4n) is 9.79. The molecular weight excluding hydrogens is 438 g/mol. The summed E-state index contributed by atoms with van der Waals surface area (Å²) < 4.78 is 0. The molecule has 0 aromatic heterocycles. The third-order valence-electron chi connectivity index (χ3n) is 11.2. The van der Waals surface area contributed by atoms with Crippen LogP contribution in [0.1, 0.15) is 66.2 Å². The molecule has 2 amide bonds. The number of fused-ring (bicyclic) bond motifs is 1. The molecule has 7 rings (SSSR count). The number of nitrogens with zero attached hydrogens (tertiary/aromatic N) is 1. The standard InChI is InChI=1S/C30H37NO4/c1-17(2)20-16-30-14-11-21-28(3,12-8-13-29(21,4)27(34)35)22(30)15-19(20)23-24(30)26(33)31(25(23)32)18-9-6-5-7-10-18/h5-7,9-10,16-17,19,21-24H,8,11-15H2,1-4H3,(H,34,35)/t19-,21-,22+,23-,24+,28+,29-,30+/m1/s1. The molecule has 1 heterocycles. The van der Waals surface area contributed by atoms with Gasteiger partial charge in [0.25, 0.3) is 0 Å². The van der Waals surface area contributed by atoms with Crippen molar-refractivity contribution in [1.82, 2.24) is 0 Å². The zero-order valence-electron chi connectivity index (χ0n) is 21.3. The summed E-state index contributed by atoms with van der Waals surface area (Å²) in [6.45, 7) is 8.69. The number of carbonyl (C=O) groups excluding carboxylic acids is 2. The molecule has 0 unspecified atom stereocenters. The second kappa shape index (κ2) is 7.30. The summed E-state index contributed by atoms with van der Waals surface area (Å²) in [5, 5.41) is 10.3. The van der Waals surface area contributed by atoms with E-state index in [0.29, 0.717) is 11.6 Å². The van der Waals surface area contributed by atoms with Gasteiger partial charge in [-0.1, -0.05) is 57.0 Å². The Hall–Kier alpha value is -2.43. The summed E-state index contributed by atoms with van der Waals surface area (Å²) in [7, 11) is 0. The number of hydrogen-bond acceptors (Lipinski definition) is 3. The summed E-state index contributed by atoms with van der Waals surface area (Å²) >= 11 is 0. The number of carboxylic acids is 1. The zero-order valence-corrected chi connectivity index (χ0v) is 21.3. The average molecular weight is 476 g/mol. The Balaban J connectivity index is 1.50. The smallest absolute Gasteiger partial charge is 0.309 e. The largest absolute Gasteiger partial charge is 0.481 e. The Morgan fingerprint density at radius 1 is 1.03 bits per heavy atom. The van der Waals surface area contributed by atoms with E-state index >= 15 is 0 Å². The Bertz CT molecular complexity index is 1140. The maximum absolute atomic E-state index is 14.1. The van der Waals surface area contributed by atoms with Gasteiger partial charge in [0.15, 0.2) is 0 Å². The van der Waals surface area contributed by atoms with E-state index in [1.54, 1.807) is 0 Å². The summed E-state index contributed by atoms with van der Waals surface area (Å²) in [5.74, 6) is -0.668. The maximum atomic E-state index is 14.1. The predicted molar refractivity (Wildman–Crippen MR) is 133 cm³/mol. The van der Waals surface area contributed by atoms with Crippen molar-refractivity contribution in [1.29, 1.82) is 0 Å². The van der Waals surface area contributed by atoms with Crippen LogP contribution in [0.25, 0.3) is 0 Å². The molecule has 1 N–H and O–H groups in total. The van der Waals surface area contributed by atoms with Crippen molar-refractivity contribution in [3.05, 3.63) is 42.0 Å². The van der Waals surface area contributed by atoms with Gasteiger partial charge < -0.3 is 5.11 Å². The summed E-state index contributed by atoms with van der Waals surface area (Å²) in [6.07, 6.45) is 7.58. The Kier molecular flexibility index (Phi) is 4.80. The lowest BCUT2D eigenvalue weighted by Gasteiger charge is -2.68. The highest BCUT2D eigenvalue weighted by molar-refractivity contribution is 6.22. The number of benzene rings is 1. The second-order valence-electron chi connectivity index (χ2n) is 12.8. The molecule has 1 aromatic carbocycles. The highest BCUT2D eigenvalue weighted by atomic mass is 16.4. The number of rotatable bonds is 3. The van der Waals surface area contributed by atoms with E-state index in [0.717, 1.165) is 38.5 Å². The van der Waals surface area contributed by atoms with Crippen LogP contribution in [0, 0.1) is 51.8 Å². The topological polar surface area (TPSA) is 74.7 Å². The fourth-order valence-corrected chi connectivity index (χ4v) is 9.79. The van der Waals surface area contributed by atoms with Crippen molar-refractivity contribution in [2.24, 2.45) is 51.8 Å². The van der Waals surface area contributed by atoms with Crippen molar-refractivity contribution < 1.29 is 19.5 Å². The van der Waals surface area contributed by atoms with E-state index < -0.39 is 11.4 Å². The zero-order chi connectivity index (χ0) is 24.9. The molecule has 3 saturated carbocycles. The van der Waals surface area contributed by atoms with E-state index in [1.807, 2.05) is 37.3 Å². The van der Waals surface area contributed by atoms with Gasteiger partial charge in [0.2, 0.25) is 11.8 Å². The minimum Gasteiger partial charge on any atom is -0.481 e. The van der Waals surface area contributed by atoms with Crippen LogP contribution in [0.15, 0.2) is 42.0 Å². The lowest BCUT2D eigenvalue weighted by molar-refractivity contribution is -0.194. The van der Waals surface area contributed by atoms with Crippen LogP contribution in [-0.2, 0) is 14.4 Å². The van der Waals surface area contributed by atoms with Gasteiger partial charge in [0.05, 0.1) is 22.9 Å². The molecule has 1 saturated heterocycles. The highest BCUT2D eigenvalue weighted by Crippen LogP contribution is 2.74. The number of aliphatic carboxylic acids is 1. The van der Waals surface area contributed by atoms with Crippen molar-refractivity contribution in [2.45, 2.75) is 66.2 Å². The molecule has 5 heteroatoms. The average Bonchev–Trinajstić information content (AvgIpc) is 3.11. The molecule has 35 heavy (non-hydrogen) atoms. The highest BCUT2D eigenvalue weighted by Gasteiger charge is 2.73. The molecule has 0 radical (unpaired) electrons. The fraction of sp³-hybridized carbons (Fsp3) is 0.633. The van der Waals surface area contributed by atoms with Crippen LogP contribution < -0.4 is 4.90 Å². The Morgan fingerprint density at radius 3 is 2.40 bits per heavy atom. The molecule has 5 nitrogen and oxygen atoms in total. The van der Waals surface area contributed by atoms with Crippen LogP contribution in [0.4, 0.5) is 5.69 Å².